The largest absolute Gasteiger partial charge is 0.457 e. The normalized spacial score (nSPS) is 11.4. The first-order valence-electron chi connectivity index (χ1n) is 9.19. The second-order valence-electron chi connectivity index (χ2n) is 6.53. The van der Waals surface area contributed by atoms with Crippen molar-refractivity contribution in [3.8, 4) is 11.5 Å². The van der Waals surface area contributed by atoms with E-state index in [1.54, 1.807) is 30.3 Å². The number of fused-ring (bicyclic) bond motifs is 1. The number of amides is 1. The van der Waals surface area contributed by atoms with Crippen molar-refractivity contribution in [1.29, 1.82) is 0 Å². The molecule has 0 radical (unpaired) electrons. The number of carbonyl (C=O) groups excluding carboxylic acids is 1. The summed E-state index contributed by atoms with van der Waals surface area (Å²) in [6.07, 6.45) is -3.55. The van der Waals surface area contributed by atoms with Crippen LogP contribution in [0.25, 0.3) is 10.8 Å². The zero-order valence-corrected chi connectivity index (χ0v) is 15.8. The predicted molar refractivity (Wildman–Crippen MR) is 106 cm³/mol. The summed E-state index contributed by atoms with van der Waals surface area (Å²) in [4.78, 5) is 12.3. The molecule has 0 saturated carbocycles. The fourth-order valence-electron chi connectivity index (χ4n) is 2.89. The Kier molecular flexibility index (Phi) is 6.39. The van der Waals surface area contributed by atoms with Crippen molar-refractivity contribution in [1.82, 2.24) is 10.6 Å². The van der Waals surface area contributed by atoms with Crippen LogP contribution in [-0.2, 0) is 6.18 Å². The van der Waals surface area contributed by atoms with E-state index in [4.69, 9.17) is 4.74 Å². The lowest BCUT2D eigenvalue weighted by Crippen LogP contribution is -2.26. The van der Waals surface area contributed by atoms with E-state index in [1.165, 1.54) is 12.1 Å². The van der Waals surface area contributed by atoms with Gasteiger partial charge in [0.15, 0.2) is 0 Å². The van der Waals surface area contributed by atoms with E-state index in [1.807, 2.05) is 13.1 Å². The molecule has 1 amide bonds. The zero-order chi connectivity index (χ0) is 20.9. The van der Waals surface area contributed by atoms with Gasteiger partial charge in [-0.3, -0.25) is 4.79 Å². The van der Waals surface area contributed by atoms with Crippen LogP contribution in [0.15, 0.2) is 60.7 Å². The van der Waals surface area contributed by atoms with Gasteiger partial charge in [0, 0.05) is 17.5 Å². The molecule has 3 rings (SSSR count). The lowest BCUT2D eigenvalue weighted by Gasteiger charge is -2.12. The van der Waals surface area contributed by atoms with Crippen LogP contribution in [0, 0.1) is 0 Å². The van der Waals surface area contributed by atoms with Crippen molar-refractivity contribution < 1.29 is 22.7 Å². The van der Waals surface area contributed by atoms with Crippen LogP contribution in [0.3, 0.4) is 0 Å². The van der Waals surface area contributed by atoms with Gasteiger partial charge in [-0.15, -0.1) is 0 Å². The minimum Gasteiger partial charge on any atom is -0.457 e. The highest BCUT2D eigenvalue weighted by Gasteiger charge is 2.30. The van der Waals surface area contributed by atoms with Crippen LogP contribution >= 0.6 is 0 Å². The molecule has 0 atom stereocenters. The molecule has 0 aliphatic heterocycles. The molecule has 0 aliphatic rings. The van der Waals surface area contributed by atoms with E-state index in [0.29, 0.717) is 23.6 Å². The van der Waals surface area contributed by atoms with E-state index in [9.17, 15) is 18.0 Å². The Balaban J connectivity index is 1.77. The molecular weight excluding hydrogens is 381 g/mol. The number of hydrogen-bond acceptors (Lipinski definition) is 3. The van der Waals surface area contributed by atoms with Gasteiger partial charge >= 0.3 is 6.18 Å². The average molecular weight is 402 g/mol. The summed E-state index contributed by atoms with van der Waals surface area (Å²) < 4.78 is 43.9. The second-order valence-corrected chi connectivity index (χ2v) is 6.53. The molecule has 29 heavy (non-hydrogen) atoms. The van der Waals surface area contributed by atoms with Gasteiger partial charge in [0.05, 0.1) is 5.56 Å². The number of ether oxygens (including phenoxy) is 1. The summed E-state index contributed by atoms with van der Waals surface area (Å²) in [6.45, 7) is 1.40. The maximum absolute atomic E-state index is 12.7. The third-order valence-corrected chi connectivity index (χ3v) is 4.40. The number of alkyl halides is 3. The molecule has 3 aromatic rings. The van der Waals surface area contributed by atoms with Crippen molar-refractivity contribution in [2.75, 3.05) is 20.1 Å². The van der Waals surface area contributed by atoms with Gasteiger partial charge in [-0.05, 0) is 73.9 Å². The lowest BCUT2D eigenvalue weighted by atomic mass is 10.1. The first-order chi connectivity index (χ1) is 13.9. The molecule has 4 nitrogen and oxygen atoms in total. The zero-order valence-electron chi connectivity index (χ0n) is 15.8. The molecule has 2 N–H and O–H groups in total. The topological polar surface area (TPSA) is 50.4 Å². The fourth-order valence-corrected chi connectivity index (χ4v) is 2.89. The average Bonchev–Trinajstić information content (AvgIpc) is 2.70. The summed E-state index contributed by atoms with van der Waals surface area (Å²) >= 11 is 0. The highest BCUT2D eigenvalue weighted by molar-refractivity contribution is 5.99. The molecule has 0 unspecified atom stereocenters. The SMILES string of the molecule is CNCCCNC(=O)c1ccc2c(Oc3ccc(C(F)(F)F)cc3)cccc2c1. The summed E-state index contributed by atoms with van der Waals surface area (Å²) in [5.74, 6) is 0.650. The Morgan fingerprint density at radius 3 is 2.45 bits per heavy atom. The third-order valence-electron chi connectivity index (χ3n) is 4.40. The van der Waals surface area contributed by atoms with Crippen LogP contribution in [0.5, 0.6) is 11.5 Å². The van der Waals surface area contributed by atoms with Crippen molar-refractivity contribution >= 4 is 16.7 Å². The Hall–Kier alpha value is -3.06. The Morgan fingerprint density at radius 1 is 1.00 bits per heavy atom. The lowest BCUT2D eigenvalue weighted by molar-refractivity contribution is -0.137. The van der Waals surface area contributed by atoms with E-state index in [0.717, 1.165) is 35.9 Å². The van der Waals surface area contributed by atoms with Crippen molar-refractivity contribution in [2.45, 2.75) is 12.6 Å². The van der Waals surface area contributed by atoms with Crippen LogP contribution in [0.1, 0.15) is 22.3 Å². The molecule has 0 saturated heterocycles. The van der Waals surface area contributed by atoms with E-state index >= 15 is 0 Å². The monoisotopic (exact) mass is 402 g/mol. The van der Waals surface area contributed by atoms with Crippen LogP contribution in [0.2, 0.25) is 0 Å². The van der Waals surface area contributed by atoms with Crippen molar-refractivity contribution in [2.24, 2.45) is 0 Å². The molecule has 0 aromatic heterocycles. The molecule has 7 heteroatoms. The minimum absolute atomic E-state index is 0.155. The van der Waals surface area contributed by atoms with Gasteiger partial charge in [-0.25, -0.2) is 0 Å². The third kappa shape index (κ3) is 5.26. The van der Waals surface area contributed by atoms with Gasteiger partial charge in [0.25, 0.3) is 5.91 Å². The number of benzene rings is 3. The summed E-state index contributed by atoms with van der Waals surface area (Å²) in [5.41, 5.74) is -0.193. The first-order valence-corrected chi connectivity index (χ1v) is 9.19. The molecule has 152 valence electrons. The molecule has 0 aliphatic carbocycles. The summed E-state index contributed by atoms with van der Waals surface area (Å²) in [5, 5.41) is 7.46. The maximum Gasteiger partial charge on any atom is 0.416 e. The van der Waals surface area contributed by atoms with Crippen molar-refractivity contribution in [3.05, 3.63) is 71.8 Å². The molecule has 0 heterocycles. The highest BCUT2D eigenvalue weighted by atomic mass is 19.4. The van der Waals surface area contributed by atoms with E-state index in [2.05, 4.69) is 10.6 Å². The molecule has 3 aromatic carbocycles. The minimum atomic E-state index is -4.39. The van der Waals surface area contributed by atoms with Crippen LogP contribution in [0.4, 0.5) is 13.2 Å². The molecular formula is C22H21F3N2O2. The van der Waals surface area contributed by atoms with Gasteiger partial charge in [-0.1, -0.05) is 12.1 Å². The number of rotatable bonds is 7. The quantitative estimate of drug-likeness (QED) is 0.548. The fraction of sp³-hybridized carbons (Fsp3) is 0.227. The standard InChI is InChI=1S/C22H21F3N2O2/c1-26-12-3-13-27-21(28)16-6-11-19-15(14-16)4-2-5-20(19)29-18-9-7-17(8-10-18)22(23,24)25/h2,4-11,14,26H,3,12-13H2,1H3,(H,27,28). The van der Waals surface area contributed by atoms with Gasteiger partial charge in [0.2, 0.25) is 0 Å². The van der Waals surface area contributed by atoms with E-state index in [-0.39, 0.29) is 5.91 Å². The Morgan fingerprint density at radius 2 is 1.76 bits per heavy atom. The Bertz CT molecular complexity index is 986. The summed E-state index contributed by atoms with van der Waals surface area (Å²) in [7, 11) is 1.86. The first kappa shape index (κ1) is 20.7. The molecule has 0 bridgehead atoms. The van der Waals surface area contributed by atoms with E-state index < -0.39 is 11.7 Å². The van der Waals surface area contributed by atoms with Crippen molar-refractivity contribution in [3.63, 3.8) is 0 Å². The number of hydrogen-bond donors (Lipinski definition) is 2. The van der Waals surface area contributed by atoms with Crippen LogP contribution < -0.4 is 15.4 Å². The van der Waals surface area contributed by atoms with Gasteiger partial charge in [-0.2, -0.15) is 13.2 Å². The predicted octanol–water partition coefficient (Wildman–Crippen LogP) is 4.99. The number of nitrogens with one attached hydrogen (secondary N) is 2. The van der Waals surface area contributed by atoms with Gasteiger partial charge < -0.3 is 15.4 Å². The number of carbonyl (C=O) groups is 1. The number of halogens is 3. The maximum atomic E-state index is 12.7. The Labute approximate surface area is 166 Å². The highest BCUT2D eigenvalue weighted by Crippen LogP contribution is 2.33. The smallest absolute Gasteiger partial charge is 0.416 e. The van der Waals surface area contributed by atoms with Gasteiger partial charge in [0.1, 0.15) is 11.5 Å². The molecule has 0 fully saturated rings. The van der Waals surface area contributed by atoms with Crippen LogP contribution in [-0.4, -0.2) is 26.0 Å². The second kappa shape index (κ2) is 8.96. The summed E-state index contributed by atoms with van der Waals surface area (Å²) in [6, 6.07) is 15.1. The molecule has 0 spiro atoms.